The molecule has 1 aliphatic rings. The molecule has 5 N–H and O–H groups in total. The first-order valence-corrected chi connectivity index (χ1v) is 9.94. The van der Waals surface area contributed by atoms with Gasteiger partial charge in [0, 0.05) is 12.5 Å². The van der Waals surface area contributed by atoms with E-state index in [1.165, 1.54) is 30.3 Å². The predicted molar refractivity (Wildman–Crippen MR) is 109 cm³/mol. The van der Waals surface area contributed by atoms with Gasteiger partial charge in [-0.05, 0) is 30.3 Å². The number of hydrogen-bond acceptors (Lipinski definition) is 11. The van der Waals surface area contributed by atoms with E-state index >= 15 is 0 Å². The van der Waals surface area contributed by atoms with Gasteiger partial charge in [0.25, 0.3) is 0 Å². The van der Waals surface area contributed by atoms with E-state index in [9.17, 15) is 35.1 Å². The largest absolute Gasteiger partial charge is 0.508 e. The van der Waals surface area contributed by atoms with Crippen LogP contribution in [0.2, 0.25) is 0 Å². The molecule has 33 heavy (non-hydrogen) atoms. The van der Waals surface area contributed by atoms with Crippen molar-refractivity contribution >= 4 is 11.9 Å². The molecule has 0 bridgehead atoms. The Morgan fingerprint density at radius 1 is 1.06 bits per heavy atom. The number of carbonyl (C=O) groups is 2. The van der Waals surface area contributed by atoms with Crippen LogP contribution in [0.25, 0.3) is 0 Å². The van der Waals surface area contributed by atoms with Crippen LogP contribution in [-0.4, -0.2) is 74.8 Å². The fraction of sp³-hybridized carbons (Fsp3) is 0.364. The number of aliphatic hydroxyl groups excluding tert-OH is 3. The highest BCUT2D eigenvalue weighted by atomic mass is 16.7. The SMILES string of the molecule is CC(=O)O[C@H]1[C@H](Oc2ccc(O)cc2COC(=O)c2ccccc2O)O[C@H](CO)[C@@H](O)[C@@H]1O. The van der Waals surface area contributed by atoms with Gasteiger partial charge in [0.05, 0.1) is 6.61 Å². The number of benzene rings is 2. The van der Waals surface area contributed by atoms with Crippen molar-refractivity contribution in [3.05, 3.63) is 53.6 Å². The number of phenolic OH excluding ortho intramolecular Hbond substituents is 2. The van der Waals surface area contributed by atoms with Crippen LogP contribution in [0.5, 0.6) is 17.2 Å². The molecule has 1 fully saturated rings. The van der Waals surface area contributed by atoms with Crippen molar-refractivity contribution < 1.29 is 54.1 Å². The number of phenols is 2. The number of para-hydroxylation sites is 1. The fourth-order valence-electron chi connectivity index (χ4n) is 3.25. The molecule has 0 radical (unpaired) electrons. The van der Waals surface area contributed by atoms with E-state index in [2.05, 4.69) is 0 Å². The first-order valence-electron chi connectivity index (χ1n) is 9.94. The van der Waals surface area contributed by atoms with Crippen LogP contribution < -0.4 is 4.74 Å². The van der Waals surface area contributed by atoms with Gasteiger partial charge in [0.1, 0.15) is 47.7 Å². The number of carbonyl (C=O) groups excluding carboxylic acids is 2. The molecule has 0 saturated carbocycles. The van der Waals surface area contributed by atoms with Crippen molar-refractivity contribution in [2.75, 3.05) is 6.61 Å². The Balaban J connectivity index is 1.81. The topological polar surface area (TPSA) is 172 Å². The zero-order chi connectivity index (χ0) is 24.1. The van der Waals surface area contributed by atoms with Gasteiger partial charge in [-0.3, -0.25) is 4.79 Å². The van der Waals surface area contributed by atoms with E-state index in [1.54, 1.807) is 12.1 Å². The number of rotatable bonds is 7. The van der Waals surface area contributed by atoms with Gasteiger partial charge in [-0.15, -0.1) is 0 Å². The molecule has 2 aromatic rings. The summed E-state index contributed by atoms with van der Waals surface area (Å²) in [6.45, 7) is 0.0701. The lowest BCUT2D eigenvalue weighted by Crippen LogP contribution is -2.61. The average molecular weight is 464 g/mol. The van der Waals surface area contributed by atoms with Crippen molar-refractivity contribution in [1.29, 1.82) is 0 Å². The highest BCUT2D eigenvalue weighted by molar-refractivity contribution is 5.92. The Morgan fingerprint density at radius 2 is 1.79 bits per heavy atom. The van der Waals surface area contributed by atoms with Crippen molar-refractivity contribution in [3.8, 4) is 17.2 Å². The number of esters is 2. The van der Waals surface area contributed by atoms with Gasteiger partial charge in [-0.1, -0.05) is 12.1 Å². The third-order valence-corrected chi connectivity index (χ3v) is 4.90. The number of hydrogen-bond donors (Lipinski definition) is 5. The predicted octanol–water partition coefficient (Wildman–Crippen LogP) is 0.204. The molecule has 0 spiro atoms. The van der Waals surface area contributed by atoms with Gasteiger partial charge in [0.2, 0.25) is 6.29 Å². The Kier molecular flexibility index (Phi) is 7.71. The molecular weight excluding hydrogens is 440 g/mol. The maximum atomic E-state index is 12.3. The third kappa shape index (κ3) is 5.71. The normalized spacial score (nSPS) is 24.7. The molecule has 0 aromatic heterocycles. The van der Waals surface area contributed by atoms with E-state index < -0.39 is 49.3 Å². The third-order valence-electron chi connectivity index (χ3n) is 4.90. The first-order chi connectivity index (χ1) is 15.7. The van der Waals surface area contributed by atoms with Crippen LogP contribution >= 0.6 is 0 Å². The molecule has 11 nitrogen and oxygen atoms in total. The monoisotopic (exact) mass is 464 g/mol. The van der Waals surface area contributed by atoms with Crippen molar-refractivity contribution in [2.45, 2.75) is 44.2 Å². The zero-order valence-corrected chi connectivity index (χ0v) is 17.5. The minimum absolute atomic E-state index is 0.0420. The van der Waals surface area contributed by atoms with Gasteiger partial charge in [0.15, 0.2) is 6.10 Å². The van der Waals surface area contributed by atoms with E-state index in [4.69, 9.17) is 18.9 Å². The van der Waals surface area contributed by atoms with Crippen molar-refractivity contribution in [3.63, 3.8) is 0 Å². The molecule has 178 valence electrons. The van der Waals surface area contributed by atoms with E-state index in [-0.39, 0.29) is 35.0 Å². The fourth-order valence-corrected chi connectivity index (χ4v) is 3.25. The molecule has 5 atom stereocenters. The van der Waals surface area contributed by atoms with Crippen LogP contribution in [0.15, 0.2) is 42.5 Å². The van der Waals surface area contributed by atoms with E-state index in [0.717, 1.165) is 6.92 Å². The first kappa shape index (κ1) is 24.3. The summed E-state index contributed by atoms with van der Waals surface area (Å²) in [6, 6.07) is 9.66. The summed E-state index contributed by atoms with van der Waals surface area (Å²) in [5.41, 5.74) is 0.124. The van der Waals surface area contributed by atoms with Crippen LogP contribution in [0.1, 0.15) is 22.8 Å². The number of aromatic hydroxyl groups is 2. The Hall–Kier alpha value is -3.38. The molecule has 0 aliphatic carbocycles. The second-order valence-corrected chi connectivity index (χ2v) is 7.28. The minimum Gasteiger partial charge on any atom is -0.508 e. The minimum atomic E-state index is -1.62. The highest BCUT2D eigenvalue weighted by Gasteiger charge is 2.47. The van der Waals surface area contributed by atoms with Crippen LogP contribution in [0.4, 0.5) is 0 Å². The molecule has 0 unspecified atom stereocenters. The highest BCUT2D eigenvalue weighted by Crippen LogP contribution is 2.31. The lowest BCUT2D eigenvalue weighted by Gasteiger charge is -2.41. The summed E-state index contributed by atoms with van der Waals surface area (Å²) in [5, 5.41) is 49.5. The molecule has 0 amide bonds. The summed E-state index contributed by atoms with van der Waals surface area (Å²) in [4.78, 5) is 23.8. The molecule has 1 saturated heterocycles. The standard InChI is InChI=1S/C22H24O11/c1-11(24)31-20-19(28)18(27)17(9-23)33-22(20)32-16-7-6-13(25)8-12(16)10-30-21(29)14-4-2-3-5-15(14)26/h2-8,17-20,22-23,25-28H,9-10H2,1H3/t17-,18-,19+,20-,22-/m1/s1. The second-order valence-electron chi connectivity index (χ2n) is 7.28. The molecular formula is C22H24O11. The Labute approximate surface area is 188 Å². The Bertz CT molecular complexity index is 992. The van der Waals surface area contributed by atoms with Gasteiger partial charge >= 0.3 is 11.9 Å². The maximum absolute atomic E-state index is 12.3. The van der Waals surface area contributed by atoms with Crippen LogP contribution in [-0.2, 0) is 25.6 Å². The molecule has 2 aromatic carbocycles. The summed E-state index contributed by atoms with van der Waals surface area (Å²) in [7, 11) is 0. The van der Waals surface area contributed by atoms with Gasteiger partial charge in [-0.2, -0.15) is 0 Å². The molecule has 3 rings (SSSR count). The molecule has 1 aliphatic heterocycles. The zero-order valence-electron chi connectivity index (χ0n) is 17.5. The Morgan fingerprint density at radius 3 is 2.45 bits per heavy atom. The summed E-state index contributed by atoms with van der Waals surface area (Å²) >= 11 is 0. The smallest absolute Gasteiger partial charge is 0.342 e. The van der Waals surface area contributed by atoms with Crippen LogP contribution in [0.3, 0.4) is 0 Å². The van der Waals surface area contributed by atoms with E-state index in [0.29, 0.717) is 0 Å². The quantitative estimate of drug-likeness (QED) is 0.355. The summed E-state index contributed by atoms with van der Waals surface area (Å²) in [5.74, 6) is -1.99. The van der Waals surface area contributed by atoms with Crippen LogP contribution in [0, 0.1) is 0 Å². The average Bonchev–Trinajstić information content (AvgIpc) is 2.78. The van der Waals surface area contributed by atoms with E-state index in [1.807, 2.05) is 0 Å². The second kappa shape index (κ2) is 10.5. The number of ether oxygens (including phenoxy) is 4. The summed E-state index contributed by atoms with van der Waals surface area (Å²) < 4.78 is 21.5. The lowest BCUT2D eigenvalue weighted by molar-refractivity contribution is -0.282. The van der Waals surface area contributed by atoms with Gasteiger partial charge in [-0.25, -0.2) is 4.79 Å². The lowest BCUT2D eigenvalue weighted by atomic mass is 9.99. The molecule has 1 heterocycles. The van der Waals surface area contributed by atoms with Gasteiger partial charge < -0.3 is 44.5 Å². The number of aliphatic hydroxyl groups is 3. The summed E-state index contributed by atoms with van der Waals surface area (Å²) in [6.07, 6.45) is -7.27. The maximum Gasteiger partial charge on any atom is 0.342 e. The van der Waals surface area contributed by atoms with Crippen molar-refractivity contribution in [2.24, 2.45) is 0 Å². The van der Waals surface area contributed by atoms with Crippen molar-refractivity contribution in [1.82, 2.24) is 0 Å². The molecule has 11 heteroatoms.